The summed E-state index contributed by atoms with van der Waals surface area (Å²) in [6, 6.07) is 2.03. The average Bonchev–Trinajstić information content (AvgIpc) is 2.25. The molecule has 5 heteroatoms. The summed E-state index contributed by atoms with van der Waals surface area (Å²) in [6.45, 7) is 0. The van der Waals surface area contributed by atoms with Crippen molar-refractivity contribution in [1.82, 2.24) is 9.97 Å². The van der Waals surface area contributed by atoms with E-state index in [1.165, 1.54) is 14.2 Å². The second-order valence-electron chi connectivity index (χ2n) is 2.52. The molecule has 0 atom stereocenters. The Morgan fingerprint density at radius 1 is 1.43 bits per heavy atom. The van der Waals surface area contributed by atoms with E-state index in [4.69, 9.17) is 14.7 Å². The van der Waals surface area contributed by atoms with Gasteiger partial charge in [0.1, 0.15) is 5.82 Å². The topological polar surface area (TPSA) is 68.0 Å². The monoisotopic (exact) mass is 193 g/mol. The van der Waals surface area contributed by atoms with Crippen molar-refractivity contribution in [2.75, 3.05) is 14.2 Å². The summed E-state index contributed by atoms with van der Waals surface area (Å²) in [7, 11) is 3.04. The Labute approximate surface area is 82.3 Å². The van der Waals surface area contributed by atoms with Crippen molar-refractivity contribution < 1.29 is 9.47 Å². The number of methoxy groups -OCH3 is 2. The van der Waals surface area contributed by atoms with E-state index in [0.717, 1.165) is 0 Å². The molecule has 1 aromatic rings. The SMILES string of the molecule is COc1cnc(CCC#N)nc1OC. The van der Waals surface area contributed by atoms with Crippen LogP contribution in [-0.2, 0) is 6.42 Å². The van der Waals surface area contributed by atoms with Gasteiger partial charge in [-0.3, -0.25) is 0 Å². The number of ether oxygens (including phenoxy) is 2. The van der Waals surface area contributed by atoms with E-state index in [-0.39, 0.29) is 0 Å². The van der Waals surface area contributed by atoms with E-state index in [1.807, 2.05) is 6.07 Å². The lowest BCUT2D eigenvalue weighted by molar-refractivity contribution is 0.339. The van der Waals surface area contributed by atoms with Crippen LogP contribution in [0, 0.1) is 11.3 Å². The fraction of sp³-hybridized carbons (Fsp3) is 0.444. The van der Waals surface area contributed by atoms with Crippen LogP contribution in [0.3, 0.4) is 0 Å². The molecule has 1 heterocycles. The molecule has 0 aliphatic heterocycles. The molecule has 1 aromatic heterocycles. The maximum atomic E-state index is 8.39. The Hall–Kier alpha value is -1.83. The molecule has 0 radical (unpaired) electrons. The fourth-order valence-corrected chi connectivity index (χ4v) is 0.964. The summed E-state index contributed by atoms with van der Waals surface area (Å²) in [5.41, 5.74) is 0. The quantitative estimate of drug-likeness (QED) is 0.712. The Morgan fingerprint density at radius 3 is 2.79 bits per heavy atom. The molecule has 0 aliphatic carbocycles. The Balaban J connectivity index is 2.85. The normalized spacial score (nSPS) is 9.21. The minimum absolute atomic E-state index is 0.398. The first-order valence-corrected chi connectivity index (χ1v) is 4.12. The number of hydrogen-bond donors (Lipinski definition) is 0. The molecule has 0 fully saturated rings. The van der Waals surface area contributed by atoms with Crippen LogP contribution < -0.4 is 9.47 Å². The lowest BCUT2D eigenvalue weighted by atomic mass is 10.3. The lowest BCUT2D eigenvalue weighted by Gasteiger charge is -2.06. The van der Waals surface area contributed by atoms with Crippen molar-refractivity contribution in [3.8, 4) is 17.7 Å². The largest absolute Gasteiger partial charge is 0.490 e. The van der Waals surface area contributed by atoms with Crippen LogP contribution in [0.1, 0.15) is 12.2 Å². The highest BCUT2D eigenvalue weighted by Gasteiger charge is 2.06. The molecule has 0 N–H and O–H groups in total. The zero-order valence-corrected chi connectivity index (χ0v) is 8.15. The first kappa shape index (κ1) is 10.3. The number of nitrogens with zero attached hydrogens (tertiary/aromatic N) is 3. The number of nitriles is 1. The van der Waals surface area contributed by atoms with E-state index < -0.39 is 0 Å². The van der Waals surface area contributed by atoms with Crippen molar-refractivity contribution in [1.29, 1.82) is 5.26 Å². The Morgan fingerprint density at radius 2 is 2.21 bits per heavy atom. The average molecular weight is 193 g/mol. The third-order valence-electron chi connectivity index (χ3n) is 1.65. The van der Waals surface area contributed by atoms with Crippen LogP contribution in [0.4, 0.5) is 0 Å². The van der Waals surface area contributed by atoms with E-state index in [2.05, 4.69) is 9.97 Å². The molecule has 5 nitrogen and oxygen atoms in total. The Kier molecular flexibility index (Phi) is 3.68. The van der Waals surface area contributed by atoms with E-state index in [9.17, 15) is 0 Å². The van der Waals surface area contributed by atoms with Gasteiger partial charge in [-0.05, 0) is 0 Å². The summed E-state index contributed by atoms with van der Waals surface area (Å²) >= 11 is 0. The molecule has 0 aromatic carbocycles. The van der Waals surface area contributed by atoms with Gasteiger partial charge < -0.3 is 9.47 Å². The molecule has 1 rings (SSSR count). The maximum absolute atomic E-state index is 8.39. The number of aryl methyl sites for hydroxylation is 1. The van der Waals surface area contributed by atoms with Gasteiger partial charge in [0.25, 0.3) is 5.88 Å². The highest BCUT2D eigenvalue weighted by molar-refractivity contribution is 5.30. The molecule has 0 aliphatic rings. The maximum Gasteiger partial charge on any atom is 0.260 e. The molecule has 0 saturated heterocycles. The third-order valence-corrected chi connectivity index (χ3v) is 1.65. The fourth-order valence-electron chi connectivity index (χ4n) is 0.964. The molecular formula is C9H11N3O2. The number of hydrogen-bond acceptors (Lipinski definition) is 5. The predicted molar refractivity (Wildman–Crippen MR) is 49.1 cm³/mol. The van der Waals surface area contributed by atoms with Gasteiger partial charge in [0.05, 0.1) is 26.5 Å². The van der Waals surface area contributed by atoms with Crippen molar-refractivity contribution in [3.05, 3.63) is 12.0 Å². The van der Waals surface area contributed by atoms with E-state index >= 15 is 0 Å². The van der Waals surface area contributed by atoms with Crippen LogP contribution in [0.25, 0.3) is 0 Å². The van der Waals surface area contributed by atoms with Gasteiger partial charge in [-0.15, -0.1) is 0 Å². The Bertz CT molecular complexity index is 346. The van der Waals surface area contributed by atoms with Crippen LogP contribution in [-0.4, -0.2) is 24.2 Å². The van der Waals surface area contributed by atoms with Gasteiger partial charge in [-0.2, -0.15) is 10.2 Å². The molecule has 0 spiro atoms. The molecule has 0 unspecified atom stereocenters. The summed E-state index contributed by atoms with van der Waals surface area (Å²) in [4.78, 5) is 8.12. The van der Waals surface area contributed by atoms with Crippen molar-refractivity contribution in [3.63, 3.8) is 0 Å². The standard InChI is InChI=1S/C9H11N3O2/c1-13-7-6-11-8(4-3-5-10)12-9(7)14-2/h6H,3-4H2,1-2H3. The first-order chi connectivity index (χ1) is 6.81. The van der Waals surface area contributed by atoms with Crippen molar-refractivity contribution in [2.24, 2.45) is 0 Å². The minimum atomic E-state index is 0.398. The number of aromatic nitrogens is 2. The zero-order valence-electron chi connectivity index (χ0n) is 8.15. The van der Waals surface area contributed by atoms with Gasteiger partial charge in [0.15, 0.2) is 5.75 Å². The van der Waals surface area contributed by atoms with Crippen LogP contribution in [0.2, 0.25) is 0 Å². The molecular weight excluding hydrogens is 182 g/mol. The van der Waals surface area contributed by atoms with Gasteiger partial charge in [-0.1, -0.05) is 0 Å². The minimum Gasteiger partial charge on any atom is -0.490 e. The summed E-state index contributed by atoms with van der Waals surface area (Å²) in [5.74, 6) is 1.48. The molecule has 0 saturated carbocycles. The summed E-state index contributed by atoms with van der Waals surface area (Å²) in [5, 5.41) is 8.39. The van der Waals surface area contributed by atoms with Crippen LogP contribution >= 0.6 is 0 Å². The van der Waals surface area contributed by atoms with Crippen molar-refractivity contribution in [2.45, 2.75) is 12.8 Å². The first-order valence-electron chi connectivity index (χ1n) is 4.12. The lowest BCUT2D eigenvalue weighted by Crippen LogP contribution is -2.00. The van der Waals surface area contributed by atoms with Gasteiger partial charge in [0, 0.05) is 12.8 Å². The molecule has 0 amide bonds. The van der Waals surface area contributed by atoms with E-state index in [0.29, 0.717) is 30.3 Å². The summed E-state index contributed by atoms with van der Waals surface area (Å²) in [6.07, 6.45) is 2.46. The highest BCUT2D eigenvalue weighted by Crippen LogP contribution is 2.22. The van der Waals surface area contributed by atoms with Gasteiger partial charge in [-0.25, -0.2) is 4.98 Å². The van der Waals surface area contributed by atoms with Crippen LogP contribution in [0.5, 0.6) is 11.6 Å². The smallest absolute Gasteiger partial charge is 0.260 e. The number of rotatable bonds is 4. The van der Waals surface area contributed by atoms with Crippen LogP contribution in [0.15, 0.2) is 6.20 Å². The second-order valence-corrected chi connectivity index (χ2v) is 2.52. The third kappa shape index (κ3) is 2.33. The molecule has 0 bridgehead atoms. The van der Waals surface area contributed by atoms with E-state index in [1.54, 1.807) is 6.20 Å². The highest BCUT2D eigenvalue weighted by atomic mass is 16.5. The van der Waals surface area contributed by atoms with Gasteiger partial charge >= 0.3 is 0 Å². The second kappa shape index (κ2) is 5.02. The zero-order chi connectivity index (χ0) is 10.4. The van der Waals surface area contributed by atoms with Crippen molar-refractivity contribution >= 4 is 0 Å². The van der Waals surface area contributed by atoms with Gasteiger partial charge in [0.2, 0.25) is 0 Å². The molecule has 74 valence electrons. The molecule has 14 heavy (non-hydrogen) atoms. The summed E-state index contributed by atoms with van der Waals surface area (Å²) < 4.78 is 9.98. The predicted octanol–water partition coefficient (Wildman–Crippen LogP) is 0.950.